The lowest BCUT2D eigenvalue weighted by Crippen LogP contribution is -2.46. The number of carbonyl (C=O) groups excluding carboxylic acids is 2. The summed E-state index contributed by atoms with van der Waals surface area (Å²) < 4.78 is 23.4. The number of amides is 3. The Balaban J connectivity index is 1.93. The van der Waals surface area contributed by atoms with E-state index in [0.29, 0.717) is 18.7 Å². The second-order valence-corrected chi connectivity index (χ2v) is 9.01. The van der Waals surface area contributed by atoms with Gasteiger partial charge >= 0.3 is 6.03 Å². The number of anilines is 1. The minimum atomic E-state index is -3.02. The first kappa shape index (κ1) is 20.4. The Hall–Kier alpha value is -1.93. The molecule has 1 atom stereocenters. The zero-order valence-electron chi connectivity index (χ0n) is 15.5. The summed E-state index contributed by atoms with van der Waals surface area (Å²) >= 11 is 0. The summed E-state index contributed by atoms with van der Waals surface area (Å²) in [4.78, 5) is 26.2. The highest BCUT2D eigenvalue weighted by Gasteiger charge is 2.32. The van der Waals surface area contributed by atoms with Gasteiger partial charge in [0.2, 0.25) is 5.91 Å². The topological polar surface area (TPSA) is 95.6 Å². The minimum Gasteiger partial charge on any atom is -0.307 e. The Bertz CT molecular complexity index is 777. The molecule has 1 heterocycles. The zero-order valence-corrected chi connectivity index (χ0v) is 16.4. The first-order chi connectivity index (χ1) is 12.2. The second kappa shape index (κ2) is 8.64. The highest BCUT2D eigenvalue weighted by Crippen LogP contribution is 2.19. The quantitative estimate of drug-likeness (QED) is 0.784. The molecule has 8 heteroatoms. The maximum Gasteiger partial charge on any atom is 0.325 e. The van der Waals surface area contributed by atoms with E-state index in [0.717, 1.165) is 17.5 Å². The number of imide groups is 1. The molecule has 1 aromatic rings. The van der Waals surface area contributed by atoms with Gasteiger partial charge in [-0.15, -0.1) is 0 Å². The lowest BCUT2D eigenvalue weighted by atomic mass is 10.1. The molecule has 0 aromatic heterocycles. The van der Waals surface area contributed by atoms with Crippen LogP contribution < -0.4 is 10.6 Å². The number of urea groups is 1. The molecule has 0 radical (unpaired) electrons. The van der Waals surface area contributed by atoms with Gasteiger partial charge in [0.05, 0.1) is 18.1 Å². The Morgan fingerprint density at radius 3 is 2.62 bits per heavy atom. The predicted molar refractivity (Wildman–Crippen MR) is 102 cm³/mol. The number of nitrogens with zero attached hydrogens (tertiary/aromatic N) is 1. The van der Waals surface area contributed by atoms with E-state index >= 15 is 0 Å². The monoisotopic (exact) mass is 381 g/mol. The third kappa shape index (κ3) is 5.54. The lowest BCUT2D eigenvalue weighted by Gasteiger charge is -2.26. The maximum absolute atomic E-state index is 12.2. The minimum absolute atomic E-state index is 0.00818. The molecule has 1 unspecified atom stereocenters. The zero-order chi connectivity index (χ0) is 19.3. The standard InChI is InChI=1S/C18H27N3O4S/c1-4-9-21(15-8-10-26(24,25)12-15)11-17(22)20-18(23)19-16-7-5-6-13(2)14(16)3/h5-7,15H,4,8-12H2,1-3H3,(H2,19,20,22,23). The molecule has 144 valence electrons. The molecule has 0 bridgehead atoms. The Morgan fingerprint density at radius 2 is 2.00 bits per heavy atom. The van der Waals surface area contributed by atoms with Crippen molar-refractivity contribution in [1.82, 2.24) is 10.2 Å². The Morgan fingerprint density at radius 1 is 1.27 bits per heavy atom. The summed E-state index contributed by atoms with van der Waals surface area (Å²) in [5.41, 5.74) is 2.65. The van der Waals surface area contributed by atoms with Crippen LogP contribution in [0.5, 0.6) is 0 Å². The molecular formula is C18H27N3O4S. The van der Waals surface area contributed by atoms with Gasteiger partial charge in [0.15, 0.2) is 9.84 Å². The molecule has 1 saturated heterocycles. The van der Waals surface area contributed by atoms with Crippen molar-refractivity contribution in [2.45, 2.75) is 39.7 Å². The van der Waals surface area contributed by atoms with Gasteiger partial charge in [-0.05, 0) is 50.4 Å². The van der Waals surface area contributed by atoms with Crippen LogP contribution in [0, 0.1) is 13.8 Å². The molecule has 2 rings (SSSR count). The molecule has 0 aliphatic carbocycles. The van der Waals surface area contributed by atoms with E-state index in [4.69, 9.17) is 0 Å². The highest BCUT2D eigenvalue weighted by molar-refractivity contribution is 7.91. The fraction of sp³-hybridized carbons (Fsp3) is 0.556. The molecule has 7 nitrogen and oxygen atoms in total. The van der Waals surface area contributed by atoms with Gasteiger partial charge in [-0.2, -0.15) is 0 Å². The van der Waals surface area contributed by atoms with E-state index in [1.807, 2.05) is 37.8 Å². The third-order valence-electron chi connectivity index (χ3n) is 4.69. The summed E-state index contributed by atoms with van der Waals surface area (Å²) in [6.07, 6.45) is 1.34. The van der Waals surface area contributed by atoms with Gasteiger partial charge in [-0.3, -0.25) is 15.0 Å². The van der Waals surface area contributed by atoms with Crippen molar-refractivity contribution in [3.63, 3.8) is 0 Å². The molecule has 0 spiro atoms. The predicted octanol–water partition coefficient (Wildman–Crippen LogP) is 1.85. The smallest absolute Gasteiger partial charge is 0.307 e. The first-order valence-electron chi connectivity index (χ1n) is 8.83. The van der Waals surface area contributed by atoms with Crippen LogP contribution in [0.4, 0.5) is 10.5 Å². The van der Waals surface area contributed by atoms with Crippen LogP contribution in [0.15, 0.2) is 18.2 Å². The maximum atomic E-state index is 12.2. The first-order valence-corrected chi connectivity index (χ1v) is 10.7. The third-order valence-corrected chi connectivity index (χ3v) is 6.44. The van der Waals surface area contributed by atoms with Gasteiger partial charge in [0.1, 0.15) is 0 Å². The van der Waals surface area contributed by atoms with Crippen molar-refractivity contribution in [1.29, 1.82) is 0 Å². The van der Waals surface area contributed by atoms with E-state index in [1.54, 1.807) is 6.07 Å². The number of rotatable bonds is 6. The molecule has 3 amide bonds. The fourth-order valence-corrected chi connectivity index (χ4v) is 4.89. The summed E-state index contributed by atoms with van der Waals surface area (Å²) in [5, 5.41) is 5.01. The molecule has 1 aliphatic heterocycles. The molecule has 2 N–H and O–H groups in total. The van der Waals surface area contributed by atoms with E-state index < -0.39 is 21.8 Å². The van der Waals surface area contributed by atoms with Crippen molar-refractivity contribution < 1.29 is 18.0 Å². The normalized spacial score (nSPS) is 18.7. The van der Waals surface area contributed by atoms with Crippen LogP contribution in [-0.2, 0) is 14.6 Å². The van der Waals surface area contributed by atoms with Crippen LogP contribution in [0.3, 0.4) is 0 Å². The average Bonchev–Trinajstić information content (AvgIpc) is 2.91. The number of nitrogens with one attached hydrogen (secondary N) is 2. The lowest BCUT2D eigenvalue weighted by molar-refractivity contribution is -0.121. The van der Waals surface area contributed by atoms with E-state index in [1.165, 1.54) is 0 Å². The summed E-state index contributed by atoms with van der Waals surface area (Å²) in [6.45, 7) is 6.44. The van der Waals surface area contributed by atoms with Gasteiger partial charge in [-0.25, -0.2) is 13.2 Å². The number of hydrogen-bond acceptors (Lipinski definition) is 5. The number of sulfone groups is 1. The number of aryl methyl sites for hydroxylation is 1. The molecule has 1 aliphatic rings. The van der Waals surface area contributed by atoms with E-state index in [-0.39, 0.29) is 24.1 Å². The van der Waals surface area contributed by atoms with Gasteiger partial charge in [-0.1, -0.05) is 19.1 Å². The fourth-order valence-electron chi connectivity index (χ4n) is 3.13. The van der Waals surface area contributed by atoms with Crippen molar-refractivity contribution in [2.24, 2.45) is 0 Å². The van der Waals surface area contributed by atoms with Crippen LogP contribution in [-0.4, -0.2) is 55.9 Å². The summed E-state index contributed by atoms with van der Waals surface area (Å²) in [6, 6.07) is 4.82. The molecule has 1 fully saturated rings. The summed E-state index contributed by atoms with van der Waals surface area (Å²) in [7, 11) is -3.02. The van der Waals surface area contributed by atoms with Gasteiger partial charge in [0, 0.05) is 11.7 Å². The van der Waals surface area contributed by atoms with Crippen molar-refractivity contribution in [2.75, 3.05) is 29.9 Å². The van der Waals surface area contributed by atoms with Crippen molar-refractivity contribution in [3.05, 3.63) is 29.3 Å². The summed E-state index contributed by atoms with van der Waals surface area (Å²) in [5.74, 6) is -0.202. The Kier molecular flexibility index (Phi) is 6.77. The average molecular weight is 381 g/mol. The van der Waals surface area contributed by atoms with Crippen molar-refractivity contribution in [3.8, 4) is 0 Å². The number of carbonyl (C=O) groups is 2. The Labute approximate surface area is 155 Å². The van der Waals surface area contributed by atoms with Crippen molar-refractivity contribution >= 4 is 27.5 Å². The van der Waals surface area contributed by atoms with E-state index in [2.05, 4.69) is 10.6 Å². The largest absolute Gasteiger partial charge is 0.325 e. The van der Waals surface area contributed by atoms with Gasteiger partial charge < -0.3 is 5.32 Å². The molecule has 0 saturated carbocycles. The molecular weight excluding hydrogens is 354 g/mol. The number of hydrogen-bond donors (Lipinski definition) is 2. The second-order valence-electron chi connectivity index (χ2n) is 6.78. The van der Waals surface area contributed by atoms with Crippen LogP contribution in [0.2, 0.25) is 0 Å². The van der Waals surface area contributed by atoms with Crippen LogP contribution in [0.25, 0.3) is 0 Å². The highest BCUT2D eigenvalue weighted by atomic mass is 32.2. The number of benzene rings is 1. The molecule has 1 aromatic carbocycles. The van der Waals surface area contributed by atoms with Gasteiger partial charge in [0.25, 0.3) is 0 Å². The molecule has 26 heavy (non-hydrogen) atoms. The van der Waals surface area contributed by atoms with Crippen LogP contribution >= 0.6 is 0 Å². The van der Waals surface area contributed by atoms with E-state index in [9.17, 15) is 18.0 Å². The van der Waals surface area contributed by atoms with Crippen LogP contribution in [0.1, 0.15) is 30.9 Å². The SMILES string of the molecule is CCCN(CC(=O)NC(=O)Nc1cccc(C)c1C)C1CCS(=O)(=O)C1.